The van der Waals surface area contributed by atoms with Gasteiger partial charge in [-0.25, -0.2) is 4.98 Å². The van der Waals surface area contributed by atoms with Crippen LogP contribution >= 0.6 is 0 Å². The molecule has 24 heavy (non-hydrogen) atoms. The second-order valence-corrected chi connectivity index (χ2v) is 5.47. The van der Waals surface area contributed by atoms with Crippen LogP contribution in [-0.4, -0.2) is 22.5 Å². The number of amides is 1. The van der Waals surface area contributed by atoms with Gasteiger partial charge in [0.25, 0.3) is 5.91 Å². The summed E-state index contributed by atoms with van der Waals surface area (Å²) in [7, 11) is 0. The van der Waals surface area contributed by atoms with Crippen molar-refractivity contribution in [1.29, 1.82) is 0 Å². The molecule has 5 nitrogen and oxygen atoms in total. The SMILES string of the molecule is CCc1nc(OCC(=O)Nc2ccccc2C)c2ccccc2n1. The maximum Gasteiger partial charge on any atom is 0.262 e. The molecule has 0 aliphatic heterocycles. The molecule has 0 saturated heterocycles. The molecule has 3 rings (SSSR count). The van der Waals surface area contributed by atoms with E-state index in [2.05, 4.69) is 15.3 Å². The molecule has 0 aliphatic rings. The fourth-order valence-electron chi connectivity index (χ4n) is 2.39. The summed E-state index contributed by atoms with van der Waals surface area (Å²) < 4.78 is 5.67. The topological polar surface area (TPSA) is 64.1 Å². The normalized spacial score (nSPS) is 10.6. The van der Waals surface area contributed by atoms with E-state index in [9.17, 15) is 4.79 Å². The quantitative estimate of drug-likeness (QED) is 0.781. The molecular formula is C19H19N3O2. The average molecular weight is 321 g/mol. The van der Waals surface area contributed by atoms with E-state index in [1.165, 1.54) is 0 Å². The molecular weight excluding hydrogens is 302 g/mol. The third-order valence-electron chi connectivity index (χ3n) is 3.69. The third-order valence-corrected chi connectivity index (χ3v) is 3.69. The largest absolute Gasteiger partial charge is 0.467 e. The van der Waals surface area contributed by atoms with Gasteiger partial charge in [-0.1, -0.05) is 37.3 Å². The van der Waals surface area contributed by atoms with Crippen molar-refractivity contribution >= 4 is 22.5 Å². The number of benzene rings is 2. The summed E-state index contributed by atoms with van der Waals surface area (Å²) >= 11 is 0. The maximum atomic E-state index is 12.1. The van der Waals surface area contributed by atoms with Gasteiger partial charge in [0.1, 0.15) is 5.82 Å². The summed E-state index contributed by atoms with van der Waals surface area (Å²) in [4.78, 5) is 21.0. The number of ether oxygens (including phenoxy) is 1. The van der Waals surface area contributed by atoms with E-state index in [0.717, 1.165) is 22.2 Å². The molecule has 3 aromatic rings. The van der Waals surface area contributed by atoms with Crippen LogP contribution in [0.5, 0.6) is 5.88 Å². The van der Waals surface area contributed by atoms with Gasteiger partial charge in [0.2, 0.25) is 5.88 Å². The van der Waals surface area contributed by atoms with Crippen molar-refractivity contribution in [2.75, 3.05) is 11.9 Å². The fourth-order valence-corrected chi connectivity index (χ4v) is 2.39. The van der Waals surface area contributed by atoms with Gasteiger partial charge < -0.3 is 10.1 Å². The van der Waals surface area contributed by atoms with Gasteiger partial charge in [0.15, 0.2) is 6.61 Å². The van der Waals surface area contributed by atoms with Crippen molar-refractivity contribution in [3.63, 3.8) is 0 Å². The Kier molecular flexibility index (Phi) is 4.70. The van der Waals surface area contributed by atoms with Gasteiger partial charge in [0.05, 0.1) is 10.9 Å². The Balaban J connectivity index is 1.75. The highest BCUT2D eigenvalue weighted by molar-refractivity contribution is 5.93. The molecule has 0 atom stereocenters. The van der Waals surface area contributed by atoms with Crippen molar-refractivity contribution in [1.82, 2.24) is 9.97 Å². The number of hydrogen-bond donors (Lipinski definition) is 1. The molecule has 1 heterocycles. The predicted octanol–water partition coefficient (Wildman–Crippen LogP) is 3.52. The van der Waals surface area contributed by atoms with E-state index in [1.807, 2.05) is 62.4 Å². The first-order valence-corrected chi connectivity index (χ1v) is 7.91. The Bertz CT molecular complexity index is 877. The van der Waals surface area contributed by atoms with Crippen molar-refractivity contribution in [3.8, 4) is 5.88 Å². The van der Waals surface area contributed by atoms with Crippen LogP contribution in [0.4, 0.5) is 5.69 Å². The van der Waals surface area contributed by atoms with Gasteiger partial charge in [-0.2, -0.15) is 4.98 Å². The second kappa shape index (κ2) is 7.08. The molecule has 0 aliphatic carbocycles. The van der Waals surface area contributed by atoms with Crippen molar-refractivity contribution < 1.29 is 9.53 Å². The van der Waals surface area contributed by atoms with E-state index >= 15 is 0 Å². The lowest BCUT2D eigenvalue weighted by Gasteiger charge is -2.11. The number of rotatable bonds is 5. The van der Waals surface area contributed by atoms with Gasteiger partial charge in [0, 0.05) is 12.1 Å². The Hall–Kier alpha value is -2.95. The number of aryl methyl sites for hydroxylation is 2. The standard InChI is InChI=1S/C19H19N3O2/c1-3-17-20-16-11-7-5-9-14(16)19(22-17)24-12-18(23)21-15-10-6-4-8-13(15)2/h4-11H,3,12H2,1-2H3,(H,21,23). The number of carbonyl (C=O) groups is 1. The van der Waals surface area contributed by atoms with E-state index in [1.54, 1.807) is 0 Å². The number of para-hydroxylation sites is 2. The zero-order valence-corrected chi connectivity index (χ0v) is 13.7. The highest BCUT2D eigenvalue weighted by Crippen LogP contribution is 2.22. The van der Waals surface area contributed by atoms with Crippen LogP contribution in [0.2, 0.25) is 0 Å². The van der Waals surface area contributed by atoms with Crippen LogP contribution in [0.25, 0.3) is 10.9 Å². The minimum Gasteiger partial charge on any atom is -0.467 e. The third kappa shape index (κ3) is 3.51. The zero-order chi connectivity index (χ0) is 16.9. The van der Waals surface area contributed by atoms with Crippen LogP contribution in [0, 0.1) is 6.92 Å². The predicted molar refractivity (Wildman–Crippen MR) is 94.2 cm³/mol. The number of nitrogens with zero attached hydrogens (tertiary/aromatic N) is 2. The first kappa shape index (κ1) is 15.9. The number of carbonyl (C=O) groups excluding carboxylic acids is 1. The lowest BCUT2D eigenvalue weighted by Crippen LogP contribution is -2.21. The van der Waals surface area contributed by atoms with E-state index in [0.29, 0.717) is 18.1 Å². The smallest absolute Gasteiger partial charge is 0.262 e. The minimum atomic E-state index is -0.218. The van der Waals surface area contributed by atoms with Gasteiger partial charge >= 0.3 is 0 Å². The summed E-state index contributed by atoms with van der Waals surface area (Å²) in [6.07, 6.45) is 0.705. The Morgan fingerprint density at radius 1 is 1.08 bits per heavy atom. The molecule has 122 valence electrons. The average Bonchev–Trinajstić information content (AvgIpc) is 2.61. The highest BCUT2D eigenvalue weighted by atomic mass is 16.5. The molecule has 0 radical (unpaired) electrons. The van der Waals surface area contributed by atoms with E-state index in [4.69, 9.17) is 4.74 Å². The van der Waals surface area contributed by atoms with Gasteiger partial charge in [-0.05, 0) is 30.7 Å². The Morgan fingerprint density at radius 2 is 1.83 bits per heavy atom. The molecule has 0 fully saturated rings. The summed E-state index contributed by atoms with van der Waals surface area (Å²) in [5, 5.41) is 3.65. The molecule has 1 aromatic heterocycles. The first-order chi connectivity index (χ1) is 11.7. The van der Waals surface area contributed by atoms with E-state index < -0.39 is 0 Å². The lowest BCUT2D eigenvalue weighted by atomic mass is 10.2. The summed E-state index contributed by atoms with van der Waals surface area (Å²) in [6.45, 7) is 3.83. The first-order valence-electron chi connectivity index (χ1n) is 7.91. The number of nitrogens with one attached hydrogen (secondary N) is 1. The highest BCUT2D eigenvalue weighted by Gasteiger charge is 2.10. The van der Waals surface area contributed by atoms with E-state index in [-0.39, 0.29) is 12.5 Å². The monoisotopic (exact) mass is 321 g/mol. The van der Waals surface area contributed by atoms with Gasteiger partial charge in [-0.15, -0.1) is 0 Å². The molecule has 0 unspecified atom stereocenters. The molecule has 0 bridgehead atoms. The Labute approximate surface area is 140 Å². The number of aromatic nitrogens is 2. The van der Waals surface area contributed by atoms with Gasteiger partial charge in [-0.3, -0.25) is 4.79 Å². The minimum absolute atomic E-state index is 0.0987. The van der Waals surface area contributed by atoms with Crippen LogP contribution < -0.4 is 10.1 Å². The summed E-state index contributed by atoms with van der Waals surface area (Å²) in [5.41, 5.74) is 2.61. The molecule has 0 saturated carbocycles. The summed E-state index contributed by atoms with van der Waals surface area (Å²) in [5.74, 6) is 0.922. The zero-order valence-electron chi connectivity index (χ0n) is 13.7. The molecule has 1 amide bonds. The van der Waals surface area contributed by atoms with Crippen LogP contribution in [-0.2, 0) is 11.2 Å². The van der Waals surface area contributed by atoms with Crippen LogP contribution in [0.3, 0.4) is 0 Å². The van der Waals surface area contributed by atoms with Crippen LogP contribution in [0.1, 0.15) is 18.3 Å². The van der Waals surface area contributed by atoms with Crippen molar-refractivity contribution in [2.24, 2.45) is 0 Å². The molecule has 2 aromatic carbocycles. The molecule has 0 spiro atoms. The number of fused-ring (bicyclic) bond motifs is 1. The maximum absolute atomic E-state index is 12.1. The van der Waals surface area contributed by atoms with Crippen LogP contribution in [0.15, 0.2) is 48.5 Å². The van der Waals surface area contributed by atoms with Crippen molar-refractivity contribution in [2.45, 2.75) is 20.3 Å². The molecule has 5 heteroatoms. The number of hydrogen-bond acceptors (Lipinski definition) is 4. The Morgan fingerprint density at radius 3 is 2.62 bits per heavy atom. The second-order valence-electron chi connectivity index (χ2n) is 5.47. The number of anilines is 1. The van der Waals surface area contributed by atoms with Crippen molar-refractivity contribution in [3.05, 3.63) is 59.9 Å². The molecule has 1 N–H and O–H groups in total. The summed E-state index contributed by atoms with van der Waals surface area (Å²) in [6, 6.07) is 15.3. The fraction of sp³-hybridized carbons (Fsp3) is 0.211. The lowest BCUT2D eigenvalue weighted by molar-refractivity contribution is -0.118.